The van der Waals surface area contributed by atoms with Crippen LogP contribution in [0.5, 0.6) is 0 Å². The van der Waals surface area contributed by atoms with Crippen LogP contribution in [0.4, 0.5) is 0 Å². The molecule has 68 heavy (non-hydrogen) atoms. The SMILES string of the molecule is CC\C=C/C=C\C=C/C=C\CCCCCC(=O)OCC(COC(=O)CCCCC/C=C\C/C=C\C/C=C\C/C=C\C/C=C\CC)OC(=O)CCCCCCC\C=C/C=C\C=C/C=C\C=C/CCC. The Balaban J connectivity index is 4.60. The summed E-state index contributed by atoms with van der Waals surface area (Å²) in [5.41, 5.74) is 0. The van der Waals surface area contributed by atoms with Crippen LogP contribution in [0.3, 0.4) is 0 Å². The predicted molar refractivity (Wildman–Crippen MR) is 292 cm³/mol. The molecule has 1 atom stereocenters. The molecule has 6 nitrogen and oxygen atoms in total. The Labute approximate surface area is 415 Å². The summed E-state index contributed by atoms with van der Waals surface area (Å²) < 4.78 is 16.7. The Hall–Kier alpha value is -5.23. The second kappa shape index (κ2) is 54.4. The largest absolute Gasteiger partial charge is 0.462 e. The van der Waals surface area contributed by atoms with Gasteiger partial charge in [-0.05, 0) is 103 Å². The monoisotopic (exact) mass is 933 g/mol. The Bertz CT molecular complexity index is 1640. The molecule has 0 aromatic carbocycles. The van der Waals surface area contributed by atoms with E-state index >= 15 is 0 Å². The molecule has 0 spiro atoms. The fourth-order valence-corrected chi connectivity index (χ4v) is 6.27. The average Bonchev–Trinajstić information content (AvgIpc) is 3.34. The van der Waals surface area contributed by atoms with Gasteiger partial charge in [0.15, 0.2) is 6.10 Å². The van der Waals surface area contributed by atoms with Crippen molar-refractivity contribution in [3.63, 3.8) is 0 Å². The first-order valence-corrected chi connectivity index (χ1v) is 26.3. The minimum absolute atomic E-state index is 0.128. The summed E-state index contributed by atoms with van der Waals surface area (Å²) in [4.78, 5) is 38.0. The lowest BCUT2D eigenvalue weighted by Crippen LogP contribution is -2.30. The first kappa shape index (κ1) is 62.8. The summed E-state index contributed by atoms with van der Waals surface area (Å²) in [5.74, 6) is -1.04. The molecule has 0 radical (unpaired) electrons. The van der Waals surface area contributed by atoms with Gasteiger partial charge in [0.25, 0.3) is 0 Å². The molecule has 0 amide bonds. The maximum Gasteiger partial charge on any atom is 0.306 e. The van der Waals surface area contributed by atoms with Crippen molar-refractivity contribution in [1.82, 2.24) is 0 Å². The molecule has 1 unspecified atom stereocenters. The fraction of sp³-hybridized carbons (Fsp3) is 0.500. The van der Waals surface area contributed by atoms with Crippen molar-refractivity contribution in [3.8, 4) is 0 Å². The third kappa shape index (κ3) is 51.7. The first-order valence-electron chi connectivity index (χ1n) is 26.3. The van der Waals surface area contributed by atoms with E-state index in [1.165, 1.54) is 6.42 Å². The molecule has 0 rings (SSSR count). The van der Waals surface area contributed by atoms with E-state index in [0.29, 0.717) is 12.8 Å². The van der Waals surface area contributed by atoms with E-state index in [0.717, 1.165) is 135 Å². The van der Waals surface area contributed by atoms with Crippen LogP contribution in [0, 0.1) is 0 Å². The van der Waals surface area contributed by atoms with Gasteiger partial charge in [0, 0.05) is 19.3 Å². The van der Waals surface area contributed by atoms with E-state index < -0.39 is 6.10 Å². The maximum absolute atomic E-state index is 12.8. The molecule has 376 valence electrons. The number of ether oxygens (including phenoxy) is 3. The van der Waals surface area contributed by atoms with Crippen LogP contribution in [0.25, 0.3) is 0 Å². The van der Waals surface area contributed by atoms with E-state index in [1.54, 1.807) is 0 Å². The Kier molecular flexibility index (Phi) is 50.2. The van der Waals surface area contributed by atoms with Crippen molar-refractivity contribution >= 4 is 17.9 Å². The molecular weight excluding hydrogens is 841 g/mol. The van der Waals surface area contributed by atoms with Crippen molar-refractivity contribution in [1.29, 1.82) is 0 Å². The normalized spacial score (nSPS) is 13.5. The first-order chi connectivity index (χ1) is 33.5. The average molecular weight is 933 g/mol. The number of carbonyl (C=O) groups excluding carboxylic acids is 3. The van der Waals surface area contributed by atoms with Gasteiger partial charge in [0.05, 0.1) is 0 Å². The number of allylic oxidation sites excluding steroid dienone is 28. The summed E-state index contributed by atoms with van der Waals surface area (Å²) in [6.45, 7) is 6.18. The van der Waals surface area contributed by atoms with Crippen molar-refractivity contribution < 1.29 is 28.6 Å². The molecule has 0 aromatic heterocycles. The van der Waals surface area contributed by atoms with Gasteiger partial charge in [0.2, 0.25) is 0 Å². The molecule has 0 aliphatic heterocycles. The van der Waals surface area contributed by atoms with E-state index in [9.17, 15) is 14.4 Å². The maximum atomic E-state index is 12.8. The standard InChI is InChI=1S/C62H92O6/c1-4-7-10-13-16-19-22-25-27-29-31-33-34-37-40-43-46-49-52-55-61(64)67-58-59(57-66-60(63)54-51-48-45-42-39-36-24-21-18-15-12-9-6-3)68-62(65)56-53-50-47-44-41-38-35-32-30-28-26-23-20-17-14-11-8-5-2/h7,9-12,14-21,23-28,30-33,35-37,39-40,59H,4-6,8,13,22,29,34,38,41-58H2,1-3H3/b10-7-,12-9-,14-11-,18-15-,19-16-,20-17-,24-21-,26-23-,27-25-,30-28-,33-31-,35-32-,39-36-,40-37-. The number of hydrogen-bond donors (Lipinski definition) is 0. The van der Waals surface area contributed by atoms with Crippen LogP contribution < -0.4 is 0 Å². The zero-order valence-corrected chi connectivity index (χ0v) is 42.8. The molecule has 0 fully saturated rings. The number of unbranched alkanes of at least 4 members (excludes halogenated alkanes) is 12. The molecule has 0 bridgehead atoms. The van der Waals surface area contributed by atoms with Gasteiger partial charge >= 0.3 is 17.9 Å². The predicted octanol–water partition coefficient (Wildman–Crippen LogP) is 17.6. The zero-order chi connectivity index (χ0) is 49.3. The smallest absolute Gasteiger partial charge is 0.306 e. The zero-order valence-electron chi connectivity index (χ0n) is 42.8. The van der Waals surface area contributed by atoms with E-state index in [2.05, 4.69) is 118 Å². The molecule has 0 aliphatic rings. The Morgan fingerprint density at radius 3 is 1.09 bits per heavy atom. The van der Waals surface area contributed by atoms with Gasteiger partial charge in [0.1, 0.15) is 13.2 Å². The van der Waals surface area contributed by atoms with E-state index in [1.807, 2.05) is 72.9 Å². The second-order valence-corrected chi connectivity index (χ2v) is 16.5. The lowest BCUT2D eigenvalue weighted by molar-refractivity contribution is -0.167. The van der Waals surface area contributed by atoms with Crippen LogP contribution in [0.2, 0.25) is 0 Å². The topological polar surface area (TPSA) is 78.9 Å². The molecule has 0 aliphatic carbocycles. The summed E-state index contributed by atoms with van der Waals surface area (Å²) in [6, 6.07) is 0. The molecule has 0 saturated carbocycles. The summed E-state index contributed by atoms with van der Waals surface area (Å²) in [5, 5.41) is 0. The minimum atomic E-state index is -0.832. The van der Waals surface area contributed by atoms with Crippen LogP contribution in [0.1, 0.15) is 181 Å². The molecule has 0 saturated heterocycles. The van der Waals surface area contributed by atoms with E-state index in [-0.39, 0.29) is 37.5 Å². The highest BCUT2D eigenvalue weighted by atomic mass is 16.6. The van der Waals surface area contributed by atoms with Crippen LogP contribution in [0.15, 0.2) is 170 Å². The number of carbonyl (C=O) groups is 3. The van der Waals surface area contributed by atoms with Crippen LogP contribution in [-0.4, -0.2) is 37.2 Å². The summed E-state index contributed by atoms with van der Waals surface area (Å²) in [6.07, 6.45) is 80.4. The van der Waals surface area contributed by atoms with Crippen molar-refractivity contribution in [3.05, 3.63) is 170 Å². The quantitative estimate of drug-likeness (QED) is 0.0199. The van der Waals surface area contributed by atoms with Crippen LogP contribution >= 0.6 is 0 Å². The van der Waals surface area contributed by atoms with Gasteiger partial charge in [-0.2, -0.15) is 0 Å². The Morgan fingerprint density at radius 1 is 0.324 bits per heavy atom. The highest BCUT2D eigenvalue weighted by molar-refractivity contribution is 5.71. The molecule has 0 aromatic rings. The van der Waals surface area contributed by atoms with Crippen molar-refractivity contribution in [2.75, 3.05) is 13.2 Å². The van der Waals surface area contributed by atoms with Gasteiger partial charge in [-0.3, -0.25) is 14.4 Å². The van der Waals surface area contributed by atoms with Gasteiger partial charge < -0.3 is 14.2 Å². The number of hydrogen-bond acceptors (Lipinski definition) is 6. The molecule has 0 N–H and O–H groups in total. The Morgan fingerprint density at radius 2 is 0.647 bits per heavy atom. The lowest BCUT2D eigenvalue weighted by atomic mass is 10.1. The minimum Gasteiger partial charge on any atom is -0.462 e. The number of rotatable bonds is 44. The highest BCUT2D eigenvalue weighted by Gasteiger charge is 2.19. The molecule has 6 heteroatoms. The second-order valence-electron chi connectivity index (χ2n) is 16.5. The van der Waals surface area contributed by atoms with Gasteiger partial charge in [-0.1, -0.05) is 229 Å². The van der Waals surface area contributed by atoms with Crippen molar-refractivity contribution in [2.45, 2.75) is 187 Å². The molecule has 0 heterocycles. The van der Waals surface area contributed by atoms with Crippen LogP contribution in [-0.2, 0) is 28.6 Å². The highest BCUT2D eigenvalue weighted by Crippen LogP contribution is 2.12. The third-order valence-corrected chi connectivity index (χ3v) is 10.1. The summed E-state index contributed by atoms with van der Waals surface area (Å²) in [7, 11) is 0. The third-order valence-electron chi connectivity index (χ3n) is 10.1. The van der Waals surface area contributed by atoms with E-state index in [4.69, 9.17) is 14.2 Å². The van der Waals surface area contributed by atoms with Crippen molar-refractivity contribution in [2.24, 2.45) is 0 Å². The fourth-order valence-electron chi connectivity index (χ4n) is 6.27. The van der Waals surface area contributed by atoms with Gasteiger partial charge in [-0.25, -0.2) is 0 Å². The van der Waals surface area contributed by atoms with Gasteiger partial charge in [-0.15, -0.1) is 0 Å². The number of esters is 3. The molecular formula is C62H92O6. The summed E-state index contributed by atoms with van der Waals surface area (Å²) >= 11 is 0. The lowest BCUT2D eigenvalue weighted by Gasteiger charge is -2.18.